The van der Waals surface area contributed by atoms with Gasteiger partial charge in [0.25, 0.3) is 0 Å². The molecule has 5 aliphatic rings. The Labute approximate surface area is 207 Å². The molecule has 0 spiro atoms. The molecule has 2 amide bonds. The van der Waals surface area contributed by atoms with Gasteiger partial charge in [-0.1, -0.05) is 0 Å². The third-order valence-corrected chi connectivity index (χ3v) is 9.51. The number of hydrogen-bond acceptors (Lipinski definition) is 5. The highest BCUT2D eigenvalue weighted by Crippen LogP contribution is 2.41. The van der Waals surface area contributed by atoms with Crippen LogP contribution in [0.4, 0.5) is 4.79 Å². The summed E-state index contributed by atoms with van der Waals surface area (Å²) in [5.41, 5.74) is 3.61. The van der Waals surface area contributed by atoms with E-state index in [1.54, 1.807) is 6.92 Å². The summed E-state index contributed by atoms with van der Waals surface area (Å²) in [7, 11) is 0. The topological polar surface area (TPSA) is 65.1 Å². The van der Waals surface area contributed by atoms with Crippen molar-refractivity contribution in [1.29, 1.82) is 0 Å². The van der Waals surface area contributed by atoms with Gasteiger partial charge >= 0.3 is 6.09 Å². The number of nitrogens with zero attached hydrogens (tertiary/aromatic N) is 3. The Kier molecular flexibility index (Phi) is 7.05. The largest absolute Gasteiger partial charge is 0.445 e. The van der Waals surface area contributed by atoms with Crippen molar-refractivity contribution in [3.63, 3.8) is 0 Å². The summed E-state index contributed by atoms with van der Waals surface area (Å²) in [5, 5.41) is 2.25. The summed E-state index contributed by atoms with van der Waals surface area (Å²) in [4.78, 5) is 29.9. The Morgan fingerprint density at radius 3 is 2.42 bits per heavy atom. The lowest BCUT2D eigenvalue weighted by atomic mass is 9.73. The van der Waals surface area contributed by atoms with Gasteiger partial charge in [0.05, 0.1) is 17.5 Å². The highest BCUT2D eigenvalue weighted by molar-refractivity contribution is 6.24. The first-order valence-electron chi connectivity index (χ1n) is 12.9. The van der Waals surface area contributed by atoms with Crippen LogP contribution in [0.5, 0.6) is 0 Å². The Morgan fingerprint density at radius 2 is 1.73 bits per heavy atom. The maximum absolute atomic E-state index is 13.4. The van der Waals surface area contributed by atoms with Gasteiger partial charge in [0.15, 0.2) is 0 Å². The monoisotopic (exact) mass is 500 g/mol. The van der Waals surface area contributed by atoms with Gasteiger partial charge in [-0.15, -0.1) is 23.2 Å². The number of piperazine rings is 1. The number of nitrogens with one attached hydrogen (secondary N) is 1. The molecule has 8 atom stereocenters. The first-order chi connectivity index (χ1) is 15.8. The molecule has 0 aromatic heterocycles. The van der Waals surface area contributed by atoms with Crippen molar-refractivity contribution < 1.29 is 14.3 Å². The Morgan fingerprint density at radius 1 is 0.939 bits per heavy atom. The summed E-state index contributed by atoms with van der Waals surface area (Å²) >= 11 is 12.7. The van der Waals surface area contributed by atoms with Crippen LogP contribution >= 0.6 is 23.2 Å². The molecular weight excluding hydrogens is 463 g/mol. The van der Waals surface area contributed by atoms with Gasteiger partial charge in [-0.3, -0.25) is 10.2 Å². The minimum Gasteiger partial charge on any atom is -0.445 e. The number of carbonyl (C=O) groups is 2. The average molecular weight is 501 g/mol. The average Bonchev–Trinajstić information content (AvgIpc) is 3.51. The first kappa shape index (κ1) is 24.0. The first-order valence-corrected chi connectivity index (χ1v) is 13.7. The van der Waals surface area contributed by atoms with E-state index in [2.05, 4.69) is 10.4 Å². The molecule has 2 saturated heterocycles. The molecule has 3 aliphatic carbocycles. The van der Waals surface area contributed by atoms with E-state index >= 15 is 0 Å². The van der Waals surface area contributed by atoms with Crippen LogP contribution in [0.3, 0.4) is 0 Å². The Bertz CT molecular complexity index is 753. The van der Waals surface area contributed by atoms with Crippen molar-refractivity contribution in [1.82, 2.24) is 20.2 Å². The molecular formula is C24H38Cl2N4O3. The number of ether oxygens (including phenoxy) is 1. The van der Waals surface area contributed by atoms with Crippen molar-refractivity contribution in [3.05, 3.63) is 0 Å². The van der Waals surface area contributed by atoms with Crippen LogP contribution in [0.2, 0.25) is 0 Å². The number of hydrogen-bond donors (Lipinski definition) is 1. The molecule has 33 heavy (non-hydrogen) atoms. The lowest BCUT2D eigenvalue weighted by Crippen LogP contribution is -2.67. The predicted octanol–water partition coefficient (Wildman–Crippen LogP) is 3.58. The molecule has 2 aliphatic heterocycles. The van der Waals surface area contributed by atoms with Crippen LogP contribution in [0, 0.1) is 11.8 Å². The van der Waals surface area contributed by atoms with Gasteiger partial charge in [0.2, 0.25) is 5.91 Å². The molecule has 0 aromatic carbocycles. The fraction of sp³-hybridized carbons (Fsp3) is 0.917. The lowest BCUT2D eigenvalue weighted by Gasteiger charge is -2.54. The van der Waals surface area contributed by atoms with Gasteiger partial charge in [-0.05, 0) is 70.1 Å². The maximum Gasteiger partial charge on any atom is 0.410 e. The normalized spacial score (nSPS) is 42.2. The zero-order chi connectivity index (χ0) is 23.3. The van der Waals surface area contributed by atoms with E-state index in [9.17, 15) is 9.59 Å². The molecule has 0 radical (unpaired) electrons. The third kappa shape index (κ3) is 4.98. The number of halogens is 2. The van der Waals surface area contributed by atoms with E-state index in [0.29, 0.717) is 37.3 Å². The number of amides is 2. The van der Waals surface area contributed by atoms with Gasteiger partial charge < -0.3 is 14.5 Å². The molecule has 0 aromatic rings. The van der Waals surface area contributed by atoms with E-state index in [1.807, 2.05) is 16.7 Å². The van der Waals surface area contributed by atoms with E-state index in [1.165, 1.54) is 12.8 Å². The van der Waals surface area contributed by atoms with E-state index < -0.39 is 0 Å². The van der Waals surface area contributed by atoms with E-state index in [0.717, 1.165) is 38.8 Å². The van der Waals surface area contributed by atoms with Gasteiger partial charge in [-0.25, -0.2) is 9.80 Å². The second-order valence-electron chi connectivity index (χ2n) is 11.0. The molecule has 1 N–H and O–H groups in total. The molecule has 7 nitrogen and oxygen atoms in total. The fourth-order valence-corrected chi connectivity index (χ4v) is 7.61. The number of alkyl halides is 2. The predicted molar refractivity (Wildman–Crippen MR) is 128 cm³/mol. The third-order valence-electron chi connectivity index (χ3n) is 8.66. The minimum atomic E-state index is -0.292. The number of fused-ring (bicyclic) bond motifs is 1. The molecule has 3 saturated carbocycles. The molecule has 186 valence electrons. The van der Waals surface area contributed by atoms with Crippen molar-refractivity contribution >= 4 is 35.2 Å². The molecule has 0 bridgehead atoms. The lowest BCUT2D eigenvalue weighted by molar-refractivity contribution is -0.142. The molecule has 9 heteroatoms. The summed E-state index contributed by atoms with van der Waals surface area (Å²) in [6.07, 6.45) is 7.20. The van der Waals surface area contributed by atoms with Crippen LogP contribution in [-0.2, 0) is 9.53 Å². The minimum absolute atomic E-state index is 0.00414. The smallest absolute Gasteiger partial charge is 0.410 e. The van der Waals surface area contributed by atoms with Gasteiger partial charge in [0, 0.05) is 44.0 Å². The van der Waals surface area contributed by atoms with Crippen molar-refractivity contribution in [2.24, 2.45) is 11.8 Å². The summed E-state index contributed by atoms with van der Waals surface area (Å²) < 4.78 is 5.97. The van der Waals surface area contributed by atoms with Crippen molar-refractivity contribution in [3.8, 4) is 0 Å². The SMILES string of the molecule is CC(=O)N1C2CCC(C3CNN(C4CC4)C3)CC2N(C(=O)OC2CCC(Cl)CC2Cl)C[C@@H]1C. The number of rotatable bonds is 3. The van der Waals surface area contributed by atoms with E-state index in [4.69, 9.17) is 27.9 Å². The number of hydrazine groups is 1. The van der Waals surface area contributed by atoms with Crippen molar-refractivity contribution in [2.75, 3.05) is 19.6 Å². The van der Waals surface area contributed by atoms with Crippen molar-refractivity contribution in [2.45, 2.75) is 106 Å². The zero-order valence-corrected chi connectivity index (χ0v) is 21.3. The zero-order valence-electron chi connectivity index (χ0n) is 19.8. The molecule has 5 rings (SSSR count). The van der Waals surface area contributed by atoms with Gasteiger partial charge in [0.1, 0.15) is 6.10 Å². The standard InChI is InChI=1S/C24H38Cl2N4O3/c1-14-12-28(24(32)33-23-8-4-18(25)10-20(23)26)22-9-16(3-7-21(22)30(14)15(2)31)17-11-27-29(13-17)19-5-6-19/h14,16-23,27H,3-13H2,1-2H3/t14-,16?,17?,18?,20?,21?,22?,23?/m0/s1. The molecule has 2 heterocycles. The fourth-order valence-electron chi connectivity index (χ4n) is 6.80. The quantitative estimate of drug-likeness (QED) is 0.599. The van der Waals surface area contributed by atoms with Crippen LogP contribution < -0.4 is 5.43 Å². The van der Waals surface area contributed by atoms with E-state index in [-0.39, 0.29) is 47.0 Å². The second kappa shape index (κ2) is 9.71. The van der Waals surface area contributed by atoms with Crippen LogP contribution in [0.25, 0.3) is 0 Å². The molecule has 5 fully saturated rings. The highest BCUT2D eigenvalue weighted by Gasteiger charge is 2.49. The number of carbonyl (C=O) groups excluding carboxylic acids is 2. The highest BCUT2D eigenvalue weighted by atomic mass is 35.5. The van der Waals surface area contributed by atoms with Crippen LogP contribution in [0.15, 0.2) is 0 Å². The molecule has 7 unspecified atom stereocenters. The Hall–Kier alpha value is -0.760. The summed E-state index contributed by atoms with van der Waals surface area (Å²) in [6, 6.07) is 0.767. The van der Waals surface area contributed by atoms with Crippen LogP contribution in [-0.4, -0.2) is 87.5 Å². The van der Waals surface area contributed by atoms with Crippen LogP contribution in [0.1, 0.15) is 65.2 Å². The summed E-state index contributed by atoms with van der Waals surface area (Å²) in [6.45, 7) is 6.33. The maximum atomic E-state index is 13.4. The summed E-state index contributed by atoms with van der Waals surface area (Å²) in [5.74, 6) is 1.25. The van der Waals surface area contributed by atoms with Gasteiger partial charge in [-0.2, -0.15) is 0 Å². The second-order valence-corrected chi connectivity index (χ2v) is 12.2. The Balaban J connectivity index is 1.29.